The van der Waals surface area contributed by atoms with Gasteiger partial charge >= 0.3 is 5.97 Å². The van der Waals surface area contributed by atoms with Gasteiger partial charge in [-0.05, 0) is 38.5 Å². The maximum Gasteiger partial charge on any atom is 0.331 e. The van der Waals surface area contributed by atoms with Crippen molar-refractivity contribution in [2.24, 2.45) is 7.05 Å². The number of rotatable bonds is 6. The first kappa shape index (κ1) is 20.5. The summed E-state index contributed by atoms with van der Waals surface area (Å²) in [4.78, 5) is 23.9. The van der Waals surface area contributed by atoms with E-state index in [1.165, 1.54) is 13.2 Å². The van der Waals surface area contributed by atoms with Crippen molar-refractivity contribution in [3.63, 3.8) is 0 Å². The predicted octanol–water partition coefficient (Wildman–Crippen LogP) is 3.20. The molecule has 0 saturated heterocycles. The number of halogens is 1. The van der Waals surface area contributed by atoms with E-state index in [1.54, 1.807) is 22.9 Å². The molecule has 0 atom stereocenters. The highest BCUT2D eigenvalue weighted by Gasteiger charge is 2.12. The zero-order valence-corrected chi connectivity index (χ0v) is 16.7. The Balaban J connectivity index is 1.95. The number of nitrogens with zero attached hydrogens (tertiary/aromatic N) is 2. The normalized spacial score (nSPS) is 10.9. The average molecular weight is 392 g/mol. The lowest BCUT2D eigenvalue weighted by molar-refractivity contribution is -0.142. The van der Waals surface area contributed by atoms with E-state index in [0.29, 0.717) is 16.5 Å². The van der Waals surface area contributed by atoms with E-state index in [-0.39, 0.29) is 0 Å². The molecule has 0 aliphatic rings. The molecule has 0 radical (unpaired) electrons. The van der Waals surface area contributed by atoms with Crippen LogP contribution in [0.25, 0.3) is 6.08 Å². The minimum Gasteiger partial charge on any atom is -0.495 e. The summed E-state index contributed by atoms with van der Waals surface area (Å²) in [6.07, 6.45) is 2.90. The van der Waals surface area contributed by atoms with Gasteiger partial charge in [0.15, 0.2) is 6.61 Å². The van der Waals surface area contributed by atoms with Gasteiger partial charge in [0.25, 0.3) is 5.91 Å². The Hall–Kier alpha value is -2.80. The number of carbonyl (C=O) groups is 2. The summed E-state index contributed by atoms with van der Waals surface area (Å²) in [5.41, 5.74) is 3.83. The second-order valence-electron chi connectivity index (χ2n) is 6.00. The summed E-state index contributed by atoms with van der Waals surface area (Å²) in [6.45, 7) is 5.15. The fraction of sp³-hybridized carbons (Fsp3) is 0.316. The molecule has 0 fully saturated rings. The Kier molecular flexibility index (Phi) is 6.63. The van der Waals surface area contributed by atoms with Crippen molar-refractivity contribution in [1.82, 2.24) is 9.78 Å². The molecule has 0 bridgehead atoms. The molecular weight excluding hydrogens is 370 g/mol. The lowest BCUT2D eigenvalue weighted by Gasteiger charge is -2.12. The SMILES string of the molecule is COc1cc(Cl)c(C)cc1NC(=O)COC(=O)C=Cc1c(C)nn(C)c1C. The van der Waals surface area contributed by atoms with Crippen molar-refractivity contribution >= 4 is 35.2 Å². The van der Waals surface area contributed by atoms with Gasteiger partial charge < -0.3 is 14.8 Å². The molecule has 27 heavy (non-hydrogen) atoms. The molecule has 1 N–H and O–H groups in total. The number of ether oxygens (including phenoxy) is 2. The van der Waals surface area contributed by atoms with E-state index in [0.717, 1.165) is 22.5 Å². The van der Waals surface area contributed by atoms with Crippen molar-refractivity contribution in [3.8, 4) is 5.75 Å². The molecule has 2 aromatic rings. The monoisotopic (exact) mass is 391 g/mol. The van der Waals surface area contributed by atoms with E-state index in [2.05, 4.69) is 10.4 Å². The van der Waals surface area contributed by atoms with Crippen LogP contribution in [0.5, 0.6) is 5.75 Å². The van der Waals surface area contributed by atoms with Gasteiger partial charge in [-0.1, -0.05) is 11.6 Å². The van der Waals surface area contributed by atoms with Crippen molar-refractivity contribution in [3.05, 3.63) is 45.7 Å². The lowest BCUT2D eigenvalue weighted by atomic mass is 10.2. The fourth-order valence-corrected chi connectivity index (χ4v) is 2.64. The second kappa shape index (κ2) is 8.73. The van der Waals surface area contributed by atoms with Crippen molar-refractivity contribution < 1.29 is 19.1 Å². The number of carbonyl (C=O) groups excluding carboxylic acids is 2. The number of benzene rings is 1. The fourth-order valence-electron chi connectivity index (χ4n) is 2.48. The molecule has 8 heteroatoms. The van der Waals surface area contributed by atoms with E-state index in [1.807, 2.05) is 27.8 Å². The molecule has 144 valence electrons. The molecule has 0 unspecified atom stereocenters. The highest BCUT2D eigenvalue weighted by Crippen LogP contribution is 2.30. The van der Waals surface area contributed by atoms with Crippen LogP contribution in [0, 0.1) is 20.8 Å². The van der Waals surface area contributed by atoms with Gasteiger partial charge in [0.2, 0.25) is 0 Å². The number of aryl methyl sites for hydroxylation is 3. The quantitative estimate of drug-likeness (QED) is 0.604. The third kappa shape index (κ3) is 5.10. The van der Waals surface area contributed by atoms with Crippen LogP contribution in [0.4, 0.5) is 5.69 Å². The number of nitrogens with one attached hydrogen (secondary N) is 1. The van der Waals surface area contributed by atoms with Gasteiger partial charge in [0.05, 0.1) is 18.5 Å². The lowest BCUT2D eigenvalue weighted by Crippen LogP contribution is -2.20. The van der Waals surface area contributed by atoms with Gasteiger partial charge in [0.1, 0.15) is 5.75 Å². The number of hydrogen-bond donors (Lipinski definition) is 1. The number of anilines is 1. The maximum absolute atomic E-state index is 12.1. The van der Waals surface area contributed by atoms with Crippen molar-refractivity contribution in [2.75, 3.05) is 19.0 Å². The van der Waals surface area contributed by atoms with E-state index in [9.17, 15) is 9.59 Å². The molecule has 7 nitrogen and oxygen atoms in total. The topological polar surface area (TPSA) is 82.4 Å². The molecular formula is C19H22ClN3O4. The van der Waals surface area contributed by atoms with Gasteiger partial charge in [0, 0.05) is 35.5 Å². The van der Waals surface area contributed by atoms with E-state index < -0.39 is 18.5 Å². The highest BCUT2D eigenvalue weighted by atomic mass is 35.5. The standard InChI is InChI=1S/C19H22ClN3O4/c1-11-8-16(17(26-5)9-15(11)20)21-18(24)10-27-19(25)7-6-14-12(2)22-23(4)13(14)3/h6-9H,10H2,1-5H3,(H,21,24). The zero-order valence-electron chi connectivity index (χ0n) is 15.9. The molecule has 2 rings (SSSR count). The second-order valence-corrected chi connectivity index (χ2v) is 6.41. The van der Waals surface area contributed by atoms with Crippen LogP contribution in [-0.2, 0) is 21.4 Å². The summed E-state index contributed by atoms with van der Waals surface area (Å²) in [5.74, 6) is -0.676. The first-order valence-corrected chi connectivity index (χ1v) is 8.59. The number of esters is 1. The van der Waals surface area contributed by atoms with Crippen LogP contribution >= 0.6 is 11.6 Å². The molecule has 1 amide bonds. The summed E-state index contributed by atoms with van der Waals surface area (Å²) < 4.78 is 11.9. The minimum atomic E-state index is -0.618. The molecule has 0 aliphatic heterocycles. The van der Waals surface area contributed by atoms with Crippen LogP contribution < -0.4 is 10.1 Å². The Morgan fingerprint density at radius 3 is 2.59 bits per heavy atom. The number of methoxy groups -OCH3 is 1. The Morgan fingerprint density at radius 2 is 2.00 bits per heavy atom. The summed E-state index contributed by atoms with van der Waals surface area (Å²) in [6, 6.07) is 3.30. The van der Waals surface area contributed by atoms with Crippen LogP contribution in [-0.4, -0.2) is 35.4 Å². The van der Waals surface area contributed by atoms with Gasteiger partial charge in [-0.3, -0.25) is 9.48 Å². The summed E-state index contributed by atoms with van der Waals surface area (Å²) in [7, 11) is 3.30. The number of aromatic nitrogens is 2. The zero-order chi connectivity index (χ0) is 20.1. The van der Waals surface area contributed by atoms with Crippen molar-refractivity contribution in [2.45, 2.75) is 20.8 Å². The van der Waals surface area contributed by atoms with Gasteiger partial charge in [-0.15, -0.1) is 0 Å². The van der Waals surface area contributed by atoms with Gasteiger partial charge in [-0.2, -0.15) is 5.10 Å². The molecule has 0 aliphatic carbocycles. The number of amides is 1. The third-order valence-electron chi connectivity index (χ3n) is 4.05. The summed E-state index contributed by atoms with van der Waals surface area (Å²) >= 11 is 6.04. The van der Waals surface area contributed by atoms with Crippen LogP contribution in [0.3, 0.4) is 0 Å². The first-order valence-electron chi connectivity index (χ1n) is 8.22. The molecule has 0 saturated carbocycles. The van der Waals surface area contributed by atoms with Crippen LogP contribution in [0.2, 0.25) is 5.02 Å². The van der Waals surface area contributed by atoms with Gasteiger partial charge in [-0.25, -0.2) is 4.79 Å². The maximum atomic E-state index is 12.1. The molecule has 1 aromatic heterocycles. The predicted molar refractivity (Wildman–Crippen MR) is 104 cm³/mol. The smallest absolute Gasteiger partial charge is 0.331 e. The average Bonchev–Trinajstić information content (AvgIpc) is 2.86. The van der Waals surface area contributed by atoms with Crippen LogP contribution in [0.15, 0.2) is 18.2 Å². The minimum absolute atomic E-state index is 0.418. The molecule has 0 spiro atoms. The Bertz CT molecular complexity index is 903. The Morgan fingerprint density at radius 1 is 1.30 bits per heavy atom. The first-order chi connectivity index (χ1) is 12.7. The molecule has 1 heterocycles. The highest BCUT2D eigenvalue weighted by molar-refractivity contribution is 6.31. The van der Waals surface area contributed by atoms with E-state index in [4.69, 9.17) is 21.1 Å². The van der Waals surface area contributed by atoms with E-state index >= 15 is 0 Å². The Labute approximate surface area is 162 Å². The largest absolute Gasteiger partial charge is 0.495 e. The summed E-state index contributed by atoms with van der Waals surface area (Å²) in [5, 5.41) is 7.44. The van der Waals surface area contributed by atoms with Crippen molar-refractivity contribution in [1.29, 1.82) is 0 Å². The molecule has 1 aromatic carbocycles. The number of hydrogen-bond acceptors (Lipinski definition) is 5. The third-order valence-corrected chi connectivity index (χ3v) is 4.46. The van der Waals surface area contributed by atoms with Crippen LogP contribution in [0.1, 0.15) is 22.5 Å².